The van der Waals surface area contributed by atoms with Gasteiger partial charge < -0.3 is 9.88 Å². The molecule has 20 heavy (non-hydrogen) atoms. The van der Waals surface area contributed by atoms with Gasteiger partial charge in [0.15, 0.2) is 5.16 Å². The number of thiophene rings is 1. The predicted octanol–water partition coefficient (Wildman–Crippen LogP) is 3.07. The predicted molar refractivity (Wildman–Crippen MR) is 84.5 cm³/mol. The Labute approximate surface area is 125 Å². The van der Waals surface area contributed by atoms with Gasteiger partial charge in [-0.05, 0) is 24.1 Å². The quantitative estimate of drug-likeness (QED) is 0.751. The number of hydrogen-bond acceptors (Lipinski definition) is 6. The second kappa shape index (κ2) is 5.41. The molecule has 0 aliphatic heterocycles. The van der Waals surface area contributed by atoms with Gasteiger partial charge >= 0.3 is 0 Å². The maximum absolute atomic E-state index is 4.37. The van der Waals surface area contributed by atoms with Crippen LogP contribution in [-0.4, -0.2) is 25.8 Å². The Morgan fingerprint density at radius 2 is 2.20 bits per heavy atom. The van der Waals surface area contributed by atoms with Crippen LogP contribution in [0.3, 0.4) is 0 Å². The van der Waals surface area contributed by atoms with Crippen LogP contribution in [-0.2, 0) is 13.6 Å². The fourth-order valence-electron chi connectivity index (χ4n) is 2.05. The van der Waals surface area contributed by atoms with Crippen molar-refractivity contribution in [3.05, 3.63) is 29.2 Å². The van der Waals surface area contributed by atoms with E-state index in [9.17, 15) is 0 Å². The number of aryl methyl sites for hydroxylation is 1. The van der Waals surface area contributed by atoms with Gasteiger partial charge in [0.2, 0.25) is 0 Å². The zero-order valence-corrected chi connectivity index (χ0v) is 13.2. The Balaban J connectivity index is 1.85. The molecular formula is C13H15N5S2. The SMILES string of the molecule is CSc1ncc(CNc2ncnc3c(C)csc23)n1C. The summed E-state index contributed by atoms with van der Waals surface area (Å²) in [4.78, 5) is 13.0. The second-order valence-electron chi connectivity index (χ2n) is 4.47. The third kappa shape index (κ3) is 2.27. The van der Waals surface area contributed by atoms with Crippen LogP contribution in [0.1, 0.15) is 11.3 Å². The Kier molecular flexibility index (Phi) is 3.62. The van der Waals surface area contributed by atoms with Crippen LogP contribution in [0.15, 0.2) is 23.1 Å². The number of nitrogens with zero attached hydrogens (tertiary/aromatic N) is 4. The lowest BCUT2D eigenvalue weighted by atomic mass is 10.3. The maximum Gasteiger partial charge on any atom is 0.167 e. The molecule has 3 aromatic rings. The molecule has 7 heteroatoms. The van der Waals surface area contributed by atoms with Crippen molar-refractivity contribution in [2.24, 2.45) is 7.05 Å². The van der Waals surface area contributed by atoms with Gasteiger partial charge in [0.25, 0.3) is 0 Å². The normalized spacial score (nSPS) is 11.2. The Bertz CT molecular complexity index is 746. The third-order valence-corrected chi connectivity index (χ3v) is 5.03. The van der Waals surface area contributed by atoms with Gasteiger partial charge in [-0.1, -0.05) is 11.8 Å². The Morgan fingerprint density at radius 1 is 1.35 bits per heavy atom. The highest BCUT2D eigenvalue weighted by Crippen LogP contribution is 2.28. The average Bonchev–Trinajstić information content (AvgIpc) is 3.01. The summed E-state index contributed by atoms with van der Waals surface area (Å²) in [6.07, 6.45) is 5.54. The smallest absolute Gasteiger partial charge is 0.167 e. The molecule has 0 atom stereocenters. The fraction of sp³-hybridized carbons (Fsp3) is 0.308. The molecule has 3 heterocycles. The monoisotopic (exact) mass is 305 g/mol. The largest absolute Gasteiger partial charge is 0.363 e. The van der Waals surface area contributed by atoms with E-state index in [0.29, 0.717) is 6.54 Å². The molecule has 0 aromatic carbocycles. The van der Waals surface area contributed by atoms with E-state index in [2.05, 4.69) is 37.1 Å². The Hall–Kier alpha value is -1.60. The molecule has 0 amide bonds. The number of anilines is 1. The van der Waals surface area contributed by atoms with E-state index in [1.807, 2.05) is 19.5 Å². The summed E-state index contributed by atoms with van der Waals surface area (Å²) in [6.45, 7) is 2.77. The van der Waals surface area contributed by atoms with E-state index < -0.39 is 0 Å². The van der Waals surface area contributed by atoms with Crippen LogP contribution in [0, 0.1) is 6.92 Å². The van der Waals surface area contributed by atoms with Crippen LogP contribution in [0.5, 0.6) is 0 Å². The molecule has 0 saturated carbocycles. The minimum atomic E-state index is 0.702. The number of hydrogen-bond donors (Lipinski definition) is 1. The molecule has 0 fully saturated rings. The van der Waals surface area contributed by atoms with Gasteiger partial charge in [-0.3, -0.25) is 0 Å². The molecule has 3 aromatic heterocycles. The molecule has 0 saturated heterocycles. The minimum Gasteiger partial charge on any atom is -0.363 e. The zero-order chi connectivity index (χ0) is 14.1. The minimum absolute atomic E-state index is 0.702. The van der Waals surface area contributed by atoms with Crippen LogP contribution >= 0.6 is 23.1 Å². The van der Waals surface area contributed by atoms with Crippen molar-refractivity contribution in [3.8, 4) is 0 Å². The van der Waals surface area contributed by atoms with Crippen molar-refractivity contribution in [3.63, 3.8) is 0 Å². The van der Waals surface area contributed by atoms with Gasteiger partial charge in [0.05, 0.1) is 28.7 Å². The van der Waals surface area contributed by atoms with Gasteiger partial charge in [-0.15, -0.1) is 11.3 Å². The number of imidazole rings is 1. The van der Waals surface area contributed by atoms with Crippen molar-refractivity contribution in [1.82, 2.24) is 19.5 Å². The van der Waals surface area contributed by atoms with E-state index in [1.165, 1.54) is 5.56 Å². The van der Waals surface area contributed by atoms with Crippen LogP contribution in [0.25, 0.3) is 10.2 Å². The highest BCUT2D eigenvalue weighted by Gasteiger charge is 2.09. The number of aromatic nitrogens is 4. The lowest BCUT2D eigenvalue weighted by molar-refractivity contribution is 0.747. The van der Waals surface area contributed by atoms with Crippen molar-refractivity contribution < 1.29 is 0 Å². The first-order chi connectivity index (χ1) is 9.70. The number of nitrogens with one attached hydrogen (secondary N) is 1. The lowest BCUT2D eigenvalue weighted by Gasteiger charge is -2.07. The Morgan fingerprint density at radius 3 is 2.95 bits per heavy atom. The molecule has 1 N–H and O–H groups in total. The van der Waals surface area contributed by atoms with Crippen LogP contribution < -0.4 is 5.32 Å². The number of rotatable bonds is 4. The van der Waals surface area contributed by atoms with E-state index >= 15 is 0 Å². The van der Waals surface area contributed by atoms with Crippen LogP contribution in [0.2, 0.25) is 0 Å². The van der Waals surface area contributed by atoms with Crippen molar-refractivity contribution >= 4 is 39.1 Å². The summed E-state index contributed by atoms with van der Waals surface area (Å²) in [5.74, 6) is 0.889. The van der Waals surface area contributed by atoms with Crippen molar-refractivity contribution in [2.45, 2.75) is 18.6 Å². The maximum atomic E-state index is 4.37. The highest BCUT2D eigenvalue weighted by molar-refractivity contribution is 7.98. The summed E-state index contributed by atoms with van der Waals surface area (Å²) in [7, 11) is 2.03. The average molecular weight is 305 g/mol. The van der Waals surface area contributed by atoms with E-state index in [-0.39, 0.29) is 0 Å². The summed E-state index contributed by atoms with van der Waals surface area (Å²) in [5, 5.41) is 6.51. The number of fused-ring (bicyclic) bond motifs is 1. The molecule has 0 aliphatic rings. The summed E-state index contributed by atoms with van der Waals surface area (Å²) >= 11 is 3.32. The van der Waals surface area contributed by atoms with Crippen LogP contribution in [0.4, 0.5) is 5.82 Å². The standard InChI is InChI=1S/C13H15N5S2/c1-8-6-20-11-10(8)16-7-17-12(11)14-4-9-5-15-13(19-3)18(9)2/h5-7H,4H2,1-3H3,(H,14,16,17). The van der Waals surface area contributed by atoms with Crippen molar-refractivity contribution in [1.29, 1.82) is 0 Å². The van der Waals surface area contributed by atoms with E-state index in [1.54, 1.807) is 29.4 Å². The number of thioether (sulfide) groups is 1. The molecule has 104 valence electrons. The third-order valence-electron chi connectivity index (χ3n) is 3.19. The highest BCUT2D eigenvalue weighted by atomic mass is 32.2. The first-order valence-electron chi connectivity index (χ1n) is 6.18. The van der Waals surface area contributed by atoms with E-state index in [4.69, 9.17) is 0 Å². The van der Waals surface area contributed by atoms with E-state index in [0.717, 1.165) is 26.9 Å². The van der Waals surface area contributed by atoms with Gasteiger partial charge in [-0.2, -0.15) is 0 Å². The molecule has 3 rings (SSSR count). The topological polar surface area (TPSA) is 55.6 Å². The molecule has 0 bridgehead atoms. The summed E-state index contributed by atoms with van der Waals surface area (Å²) in [6, 6.07) is 0. The fourth-order valence-corrected chi connectivity index (χ4v) is 3.57. The molecule has 0 unspecified atom stereocenters. The molecule has 0 spiro atoms. The molecule has 0 radical (unpaired) electrons. The lowest BCUT2D eigenvalue weighted by Crippen LogP contribution is -2.06. The summed E-state index contributed by atoms with van der Waals surface area (Å²) in [5.41, 5.74) is 3.36. The molecule has 0 aliphatic carbocycles. The van der Waals surface area contributed by atoms with Gasteiger partial charge in [0.1, 0.15) is 12.1 Å². The first kappa shape index (κ1) is 13.4. The molecular weight excluding hydrogens is 290 g/mol. The van der Waals surface area contributed by atoms with Crippen molar-refractivity contribution in [2.75, 3.05) is 11.6 Å². The molecule has 5 nitrogen and oxygen atoms in total. The first-order valence-corrected chi connectivity index (χ1v) is 8.28. The van der Waals surface area contributed by atoms with Gasteiger partial charge in [-0.25, -0.2) is 15.0 Å². The van der Waals surface area contributed by atoms with Gasteiger partial charge in [0, 0.05) is 7.05 Å². The summed E-state index contributed by atoms with van der Waals surface area (Å²) < 4.78 is 3.20. The second-order valence-corrected chi connectivity index (χ2v) is 6.12. The zero-order valence-electron chi connectivity index (χ0n) is 11.5.